The molecule has 2 rings (SSSR count). The van der Waals surface area contributed by atoms with Crippen molar-refractivity contribution in [1.82, 2.24) is 14.2 Å². The third-order valence-corrected chi connectivity index (χ3v) is 5.69. The number of sulfonamides is 1. The summed E-state index contributed by atoms with van der Waals surface area (Å²) in [6.07, 6.45) is 0.492. The van der Waals surface area contributed by atoms with E-state index in [1.165, 1.54) is 37.3 Å². The van der Waals surface area contributed by atoms with Gasteiger partial charge in [-0.3, -0.25) is 14.4 Å². The number of carbonyl (C=O) groups excluding carboxylic acids is 1. The number of pyridine rings is 1. The average Bonchev–Trinajstić information content (AvgIpc) is 2.88. The first-order valence-electron chi connectivity index (χ1n) is 7.27. The van der Waals surface area contributed by atoms with Crippen LogP contribution in [0.2, 0.25) is 0 Å². The van der Waals surface area contributed by atoms with Crippen molar-refractivity contribution in [1.29, 1.82) is 0 Å². The van der Waals surface area contributed by atoms with Crippen molar-refractivity contribution in [3.8, 4) is 0 Å². The van der Waals surface area contributed by atoms with Crippen LogP contribution in [0.1, 0.15) is 10.4 Å². The summed E-state index contributed by atoms with van der Waals surface area (Å²) < 4.78 is 24.9. The van der Waals surface area contributed by atoms with Gasteiger partial charge in [0.05, 0.1) is 11.9 Å². The molecule has 2 heterocycles. The van der Waals surface area contributed by atoms with Crippen LogP contribution >= 0.6 is 0 Å². The van der Waals surface area contributed by atoms with E-state index in [4.69, 9.17) is 9.90 Å². The molecule has 0 aliphatic carbocycles. The van der Waals surface area contributed by atoms with Crippen molar-refractivity contribution in [2.75, 3.05) is 32.9 Å². The maximum Gasteiger partial charge on any atom is 0.290 e. The van der Waals surface area contributed by atoms with Crippen molar-refractivity contribution in [3.05, 3.63) is 34.2 Å². The van der Waals surface area contributed by atoms with Gasteiger partial charge in [0.15, 0.2) is 0 Å². The second kappa shape index (κ2) is 8.74. The zero-order valence-corrected chi connectivity index (χ0v) is 14.6. The number of nitrogens with zero attached hydrogens (tertiary/aromatic N) is 2. The highest BCUT2D eigenvalue weighted by Crippen LogP contribution is 2.21. The number of amides is 1. The first-order valence-corrected chi connectivity index (χ1v) is 8.88. The smallest absolute Gasteiger partial charge is 0.290 e. The molecule has 140 valence electrons. The molecule has 1 fully saturated rings. The molecule has 1 amide bonds. The van der Waals surface area contributed by atoms with Crippen molar-refractivity contribution >= 4 is 22.4 Å². The third-order valence-electron chi connectivity index (χ3n) is 3.72. The standard InChI is InChI=1S/C13H19N3O5S.CH2O2/c1-15(2)22(20,21)8-9-6-16(7-11(9)17)13(19)10-4-3-5-14-12(10)18;2-1-3/h3-5,9,11,17H,6-8H2,1-2H3,(H,14,18);1H,(H,2,3)/t9-,11+;/m0./s1. The summed E-state index contributed by atoms with van der Waals surface area (Å²) in [6, 6.07) is 2.94. The summed E-state index contributed by atoms with van der Waals surface area (Å²) >= 11 is 0. The van der Waals surface area contributed by atoms with Gasteiger partial charge in [-0.15, -0.1) is 0 Å². The summed E-state index contributed by atoms with van der Waals surface area (Å²) in [5.41, 5.74) is -0.530. The molecule has 2 atom stereocenters. The van der Waals surface area contributed by atoms with Crippen LogP contribution < -0.4 is 5.56 Å². The average molecular weight is 375 g/mol. The Kier molecular flexibility index (Phi) is 7.27. The zero-order chi connectivity index (χ0) is 19.2. The topological polar surface area (TPSA) is 148 Å². The zero-order valence-electron chi connectivity index (χ0n) is 13.8. The Bertz CT molecular complexity index is 760. The third kappa shape index (κ3) is 5.37. The fourth-order valence-electron chi connectivity index (χ4n) is 2.36. The number of nitrogens with one attached hydrogen (secondary N) is 1. The van der Waals surface area contributed by atoms with E-state index in [1.807, 2.05) is 0 Å². The van der Waals surface area contributed by atoms with Crippen molar-refractivity contribution in [3.63, 3.8) is 0 Å². The van der Waals surface area contributed by atoms with Crippen molar-refractivity contribution < 1.29 is 28.2 Å². The van der Waals surface area contributed by atoms with Crippen LogP contribution in [-0.2, 0) is 14.8 Å². The summed E-state index contributed by atoms with van der Waals surface area (Å²) in [7, 11) is -0.630. The molecule has 0 spiro atoms. The Balaban J connectivity index is 0.000000970. The fourth-order valence-corrected chi connectivity index (χ4v) is 3.53. The summed E-state index contributed by atoms with van der Waals surface area (Å²) in [5.74, 6) is -1.32. The minimum atomic E-state index is -3.47. The number of aliphatic hydroxyl groups is 1. The molecule has 0 unspecified atom stereocenters. The molecule has 0 aromatic carbocycles. The first-order chi connectivity index (χ1) is 11.6. The molecule has 0 radical (unpaired) electrons. The number of carbonyl (C=O) groups is 2. The molecule has 1 aliphatic heterocycles. The van der Waals surface area contributed by atoms with E-state index in [1.54, 1.807) is 0 Å². The minimum absolute atomic E-state index is 0.0147. The number of H-pyrrole nitrogens is 1. The minimum Gasteiger partial charge on any atom is -0.483 e. The number of carboxylic acid groups (broad SMARTS) is 1. The van der Waals surface area contributed by atoms with Gasteiger partial charge in [-0.2, -0.15) is 0 Å². The quantitative estimate of drug-likeness (QED) is 0.537. The van der Waals surface area contributed by atoms with Gasteiger partial charge in [0, 0.05) is 39.3 Å². The SMILES string of the molecule is CN(C)S(=O)(=O)C[C@@H]1CN(C(=O)c2ccc[nH]c2=O)C[C@H]1O.O=CO. The van der Waals surface area contributed by atoms with Gasteiger partial charge in [-0.05, 0) is 12.1 Å². The highest BCUT2D eigenvalue weighted by atomic mass is 32.2. The predicted molar refractivity (Wildman–Crippen MR) is 88.6 cm³/mol. The molecular formula is C14H21N3O7S. The maximum atomic E-state index is 12.3. The molecule has 1 saturated heterocycles. The lowest BCUT2D eigenvalue weighted by molar-refractivity contribution is -0.122. The Morgan fingerprint density at radius 2 is 2.04 bits per heavy atom. The van der Waals surface area contributed by atoms with E-state index in [9.17, 15) is 23.1 Å². The summed E-state index contributed by atoms with van der Waals surface area (Å²) in [5, 5.41) is 16.9. The number of aromatic amines is 1. The fraction of sp³-hybridized carbons (Fsp3) is 0.500. The van der Waals surface area contributed by atoms with Gasteiger partial charge in [0.1, 0.15) is 5.56 Å². The monoisotopic (exact) mass is 375 g/mol. The molecule has 3 N–H and O–H groups in total. The highest BCUT2D eigenvalue weighted by Gasteiger charge is 2.38. The Morgan fingerprint density at radius 3 is 2.56 bits per heavy atom. The van der Waals surface area contributed by atoms with Gasteiger partial charge in [0.25, 0.3) is 17.9 Å². The van der Waals surface area contributed by atoms with Crippen LogP contribution in [0.15, 0.2) is 23.1 Å². The molecular weight excluding hydrogens is 354 g/mol. The van der Waals surface area contributed by atoms with E-state index in [-0.39, 0.29) is 30.9 Å². The number of rotatable bonds is 4. The van der Waals surface area contributed by atoms with Gasteiger partial charge in [-0.1, -0.05) is 0 Å². The van der Waals surface area contributed by atoms with Gasteiger partial charge in [0.2, 0.25) is 10.0 Å². The predicted octanol–water partition coefficient (Wildman–Crippen LogP) is -1.60. The molecule has 11 heteroatoms. The van der Waals surface area contributed by atoms with Crippen LogP contribution in [0, 0.1) is 5.92 Å². The Labute approximate surface area is 144 Å². The number of likely N-dealkylation sites (tertiary alicyclic amines) is 1. The highest BCUT2D eigenvalue weighted by molar-refractivity contribution is 7.89. The number of hydrogen-bond donors (Lipinski definition) is 3. The van der Waals surface area contributed by atoms with Crippen LogP contribution in [0.3, 0.4) is 0 Å². The summed E-state index contributed by atoms with van der Waals surface area (Å²) in [6.45, 7) is -0.137. The second-order valence-electron chi connectivity index (χ2n) is 5.62. The van der Waals surface area contributed by atoms with E-state index >= 15 is 0 Å². The Morgan fingerprint density at radius 1 is 1.44 bits per heavy atom. The second-order valence-corrected chi connectivity index (χ2v) is 7.84. The molecule has 10 nitrogen and oxygen atoms in total. The molecule has 1 aromatic rings. The molecule has 0 saturated carbocycles. The number of aromatic nitrogens is 1. The number of hydrogen-bond acceptors (Lipinski definition) is 6. The van der Waals surface area contributed by atoms with Crippen molar-refractivity contribution in [2.45, 2.75) is 6.10 Å². The van der Waals surface area contributed by atoms with E-state index in [0.717, 1.165) is 4.31 Å². The molecule has 25 heavy (non-hydrogen) atoms. The maximum absolute atomic E-state index is 12.3. The van der Waals surface area contributed by atoms with Crippen LogP contribution in [-0.4, -0.2) is 84.2 Å². The van der Waals surface area contributed by atoms with Crippen molar-refractivity contribution in [2.24, 2.45) is 5.92 Å². The number of β-amino-alcohol motifs (C(OH)–C–C–N with tert-alkyl or cyclic N) is 1. The van der Waals surface area contributed by atoms with Crippen LogP contribution in [0.25, 0.3) is 0 Å². The lowest BCUT2D eigenvalue weighted by Gasteiger charge is -2.17. The van der Waals surface area contributed by atoms with E-state index < -0.39 is 33.5 Å². The number of aliphatic hydroxyl groups excluding tert-OH is 1. The lowest BCUT2D eigenvalue weighted by Crippen LogP contribution is -2.34. The molecule has 1 aromatic heterocycles. The Hall–Kier alpha value is -2.24. The van der Waals surface area contributed by atoms with Gasteiger partial charge >= 0.3 is 0 Å². The lowest BCUT2D eigenvalue weighted by atomic mass is 10.1. The largest absolute Gasteiger partial charge is 0.483 e. The molecule has 1 aliphatic rings. The van der Waals surface area contributed by atoms with Gasteiger partial charge in [-0.25, -0.2) is 12.7 Å². The van der Waals surface area contributed by atoms with Gasteiger partial charge < -0.3 is 20.1 Å². The first kappa shape index (κ1) is 20.8. The van der Waals surface area contributed by atoms with E-state index in [0.29, 0.717) is 0 Å². The summed E-state index contributed by atoms with van der Waals surface area (Å²) in [4.78, 5) is 36.0. The normalized spacial score (nSPS) is 20.1. The van der Waals surface area contributed by atoms with E-state index in [2.05, 4.69) is 4.98 Å². The van der Waals surface area contributed by atoms with Crippen LogP contribution in [0.5, 0.6) is 0 Å². The molecule has 0 bridgehead atoms. The van der Waals surface area contributed by atoms with Crippen LogP contribution in [0.4, 0.5) is 0 Å².